The molecule has 0 fully saturated rings. The summed E-state index contributed by atoms with van der Waals surface area (Å²) in [5.74, 6) is 0.443. The number of hydrogen-bond acceptors (Lipinski definition) is 5. The second kappa shape index (κ2) is 9.04. The number of pyridine rings is 1. The van der Waals surface area contributed by atoms with E-state index in [-0.39, 0.29) is 16.3 Å². The molecule has 5 nitrogen and oxygen atoms in total. The van der Waals surface area contributed by atoms with Gasteiger partial charge in [0.1, 0.15) is 11.8 Å². The average molecular weight is 441 g/mol. The summed E-state index contributed by atoms with van der Waals surface area (Å²) in [4.78, 5) is 4.47. The van der Waals surface area contributed by atoms with Crippen LogP contribution in [-0.2, 0) is 15.6 Å². The van der Waals surface area contributed by atoms with Crippen molar-refractivity contribution in [1.29, 1.82) is 5.26 Å². The lowest BCUT2D eigenvalue weighted by atomic mass is 9.99. The summed E-state index contributed by atoms with van der Waals surface area (Å²) >= 11 is 0. The lowest BCUT2D eigenvalue weighted by Crippen LogP contribution is -2.11. The minimum Gasteiger partial charge on any atom is -0.497 e. The van der Waals surface area contributed by atoms with Gasteiger partial charge in [0, 0.05) is 11.1 Å². The van der Waals surface area contributed by atoms with Crippen molar-refractivity contribution in [3.63, 3.8) is 0 Å². The number of nitrogens with zero attached hydrogens (tertiary/aromatic N) is 2. The molecule has 0 radical (unpaired) electrons. The van der Waals surface area contributed by atoms with E-state index in [1.807, 2.05) is 48.5 Å². The number of benzene rings is 3. The normalized spacial score (nSPS) is 11.0. The van der Waals surface area contributed by atoms with Crippen molar-refractivity contribution in [2.45, 2.75) is 10.8 Å². The molecule has 0 unspecified atom stereocenters. The Balaban J connectivity index is 1.94. The topological polar surface area (TPSA) is 80.0 Å². The van der Waals surface area contributed by atoms with Crippen molar-refractivity contribution >= 4 is 9.84 Å². The largest absolute Gasteiger partial charge is 0.497 e. The van der Waals surface area contributed by atoms with Crippen molar-refractivity contribution < 1.29 is 13.2 Å². The van der Waals surface area contributed by atoms with E-state index in [9.17, 15) is 13.7 Å². The molecule has 0 N–H and O–H groups in total. The minimum absolute atomic E-state index is 0.0457. The van der Waals surface area contributed by atoms with Crippen LogP contribution in [0.2, 0.25) is 0 Å². The Hall–Kier alpha value is -3.95. The monoisotopic (exact) mass is 440 g/mol. The summed E-state index contributed by atoms with van der Waals surface area (Å²) < 4.78 is 32.1. The zero-order valence-corrected chi connectivity index (χ0v) is 18.2. The van der Waals surface area contributed by atoms with Crippen LogP contribution >= 0.6 is 0 Å². The van der Waals surface area contributed by atoms with Gasteiger partial charge in [-0.05, 0) is 41.5 Å². The third kappa shape index (κ3) is 4.39. The molecule has 0 aliphatic carbocycles. The number of rotatable bonds is 6. The van der Waals surface area contributed by atoms with Crippen LogP contribution in [0.25, 0.3) is 22.4 Å². The van der Waals surface area contributed by atoms with E-state index in [4.69, 9.17) is 4.74 Å². The van der Waals surface area contributed by atoms with Gasteiger partial charge in [-0.15, -0.1) is 0 Å². The Bertz CT molecular complexity index is 1380. The quantitative estimate of drug-likeness (QED) is 0.408. The molecule has 0 bridgehead atoms. The maximum atomic E-state index is 13.4. The highest BCUT2D eigenvalue weighted by Gasteiger charge is 2.26. The van der Waals surface area contributed by atoms with Gasteiger partial charge in [-0.1, -0.05) is 60.7 Å². The Labute approximate surface area is 187 Å². The molecule has 0 saturated heterocycles. The van der Waals surface area contributed by atoms with Gasteiger partial charge in [-0.3, -0.25) is 0 Å². The van der Waals surface area contributed by atoms with Crippen LogP contribution in [0.15, 0.2) is 96.0 Å². The predicted octanol–water partition coefficient (Wildman–Crippen LogP) is 5.27. The Morgan fingerprint density at radius 1 is 0.875 bits per heavy atom. The molecular formula is C26H20N2O3S. The van der Waals surface area contributed by atoms with Gasteiger partial charge in [0.25, 0.3) is 0 Å². The summed E-state index contributed by atoms with van der Waals surface area (Å²) in [6.07, 6.45) is 0. The van der Waals surface area contributed by atoms with Crippen molar-refractivity contribution in [2.24, 2.45) is 0 Å². The maximum Gasteiger partial charge on any atom is 0.201 e. The zero-order chi connectivity index (χ0) is 22.6. The molecular weight excluding hydrogens is 420 g/mol. The molecule has 4 aromatic rings. The van der Waals surface area contributed by atoms with Gasteiger partial charge in [-0.25, -0.2) is 13.4 Å². The first-order valence-electron chi connectivity index (χ1n) is 9.93. The van der Waals surface area contributed by atoms with Crippen LogP contribution in [-0.4, -0.2) is 20.5 Å². The second-order valence-electron chi connectivity index (χ2n) is 7.19. The Morgan fingerprint density at radius 2 is 1.50 bits per heavy atom. The molecule has 4 rings (SSSR count). The van der Waals surface area contributed by atoms with E-state index >= 15 is 0 Å². The molecule has 158 valence electrons. The number of ether oxygens (including phenoxy) is 1. The van der Waals surface area contributed by atoms with Gasteiger partial charge >= 0.3 is 0 Å². The third-order valence-corrected chi connectivity index (χ3v) is 6.66. The molecule has 3 aromatic carbocycles. The molecule has 0 amide bonds. The molecule has 0 atom stereocenters. The molecule has 0 saturated carbocycles. The fraction of sp³-hybridized carbons (Fsp3) is 0.0769. The van der Waals surface area contributed by atoms with Crippen LogP contribution in [0.3, 0.4) is 0 Å². The van der Waals surface area contributed by atoms with E-state index in [1.54, 1.807) is 49.6 Å². The highest BCUT2D eigenvalue weighted by Crippen LogP contribution is 2.33. The van der Waals surface area contributed by atoms with E-state index < -0.39 is 9.84 Å². The van der Waals surface area contributed by atoms with Crippen molar-refractivity contribution in [3.05, 3.63) is 102 Å². The number of methoxy groups -OCH3 is 1. The summed E-state index contributed by atoms with van der Waals surface area (Å²) in [7, 11) is -2.31. The summed E-state index contributed by atoms with van der Waals surface area (Å²) in [6.45, 7) is 0. The fourth-order valence-electron chi connectivity index (χ4n) is 3.47. The van der Waals surface area contributed by atoms with Gasteiger partial charge in [0.15, 0.2) is 5.03 Å². The van der Waals surface area contributed by atoms with Crippen molar-refractivity contribution in [1.82, 2.24) is 4.98 Å². The summed E-state index contributed by atoms with van der Waals surface area (Å²) in [5, 5.41) is 9.74. The lowest BCUT2D eigenvalue weighted by molar-refractivity contribution is 0.415. The summed E-state index contributed by atoms with van der Waals surface area (Å²) in [6, 6.07) is 29.2. The molecule has 0 aliphatic rings. The Kier molecular flexibility index (Phi) is 6.02. The van der Waals surface area contributed by atoms with Crippen molar-refractivity contribution in [2.75, 3.05) is 7.11 Å². The van der Waals surface area contributed by atoms with Crippen LogP contribution in [0.5, 0.6) is 5.75 Å². The van der Waals surface area contributed by atoms with E-state index in [1.165, 1.54) is 0 Å². The van der Waals surface area contributed by atoms with Gasteiger partial charge < -0.3 is 4.74 Å². The minimum atomic E-state index is -3.89. The van der Waals surface area contributed by atoms with E-state index in [0.717, 1.165) is 11.1 Å². The van der Waals surface area contributed by atoms with Crippen LogP contribution < -0.4 is 4.74 Å². The van der Waals surface area contributed by atoms with Gasteiger partial charge in [-0.2, -0.15) is 5.26 Å². The lowest BCUT2D eigenvalue weighted by Gasteiger charge is -2.13. The Morgan fingerprint density at radius 3 is 2.09 bits per heavy atom. The fourth-order valence-corrected chi connectivity index (χ4v) is 4.94. The summed E-state index contributed by atoms with van der Waals surface area (Å²) in [5.41, 5.74) is 3.15. The van der Waals surface area contributed by atoms with Crippen molar-refractivity contribution in [3.8, 4) is 34.2 Å². The van der Waals surface area contributed by atoms with Crippen LogP contribution in [0.4, 0.5) is 0 Å². The molecule has 32 heavy (non-hydrogen) atoms. The third-order valence-electron chi connectivity index (χ3n) is 5.06. The first-order valence-corrected chi connectivity index (χ1v) is 11.6. The van der Waals surface area contributed by atoms with Gasteiger partial charge in [0.05, 0.1) is 24.1 Å². The maximum absolute atomic E-state index is 13.4. The first kappa shape index (κ1) is 21.3. The highest BCUT2D eigenvalue weighted by atomic mass is 32.2. The predicted molar refractivity (Wildman–Crippen MR) is 124 cm³/mol. The van der Waals surface area contributed by atoms with E-state index in [0.29, 0.717) is 22.6 Å². The van der Waals surface area contributed by atoms with Crippen LogP contribution in [0.1, 0.15) is 11.1 Å². The highest BCUT2D eigenvalue weighted by molar-refractivity contribution is 7.90. The number of nitriles is 1. The smallest absolute Gasteiger partial charge is 0.201 e. The molecule has 1 aromatic heterocycles. The first-order chi connectivity index (χ1) is 15.5. The number of aromatic nitrogens is 1. The van der Waals surface area contributed by atoms with Crippen LogP contribution in [0, 0.1) is 11.3 Å². The number of sulfone groups is 1. The number of hydrogen-bond donors (Lipinski definition) is 0. The SMILES string of the molecule is COc1ccc(-c2cc(-c3ccccc3)c(C#N)c(S(=O)(=O)Cc3ccccc3)n2)cc1. The molecule has 0 spiro atoms. The van der Waals surface area contributed by atoms with Gasteiger partial charge in [0.2, 0.25) is 9.84 Å². The second-order valence-corrected chi connectivity index (χ2v) is 9.09. The molecule has 0 aliphatic heterocycles. The molecule has 1 heterocycles. The van der Waals surface area contributed by atoms with E-state index in [2.05, 4.69) is 11.1 Å². The standard InChI is InChI=1S/C26H20N2O3S/c1-31-22-14-12-21(13-15-22)25-16-23(20-10-6-3-7-11-20)24(17-27)26(28-25)32(29,30)18-19-8-4-2-5-9-19/h2-16H,18H2,1H3. The zero-order valence-electron chi connectivity index (χ0n) is 17.4. The average Bonchev–Trinajstić information content (AvgIpc) is 2.84. The molecule has 6 heteroatoms.